The van der Waals surface area contributed by atoms with E-state index in [1.165, 1.54) is 6.42 Å². The predicted octanol–water partition coefficient (Wildman–Crippen LogP) is 4.02. The maximum absolute atomic E-state index is 12.4. The Morgan fingerprint density at radius 3 is 2.52 bits per heavy atom. The molecule has 0 unspecified atom stereocenters. The van der Waals surface area contributed by atoms with Crippen molar-refractivity contribution in [2.75, 3.05) is 25.6 Å². The summed E-state index contributed by atoms with van der Waals surface area (Å²) in [5.74, 6) is 1.21. The lowest BCUT2D eigenvalue weighted by atomic mass is 9.88. The number of nitrogens with one attached hydrogen (secondary N) is 2. The zero-order valence-corrected chi connectivity index (χ0v) is 16.8. The maximum Gasteiger partial charge on any atom is 0.251 e. The molecular weight excluding hydrogens is 368 g/mol. The van der Waals surface area contributed by atoms with Crippen molar-refractivity contribution in [3.63, 3.8) is 0 Å². The predicted molar refractivity (Wildman–Crippen MR) is 112 cm³/mol. The Labute approximate surface area is 171 Å². The van der Waals surface area contributed by atoms with Crippen LogP contribution < -0.4 is 20.1 Å². The van der Waals surface area contributed by atoms with E-state index in [0.717, 1.165) is 25.7 Å². The van der Waals surface area contributed by atoms with Gasteiger partial charge in [-0.15, -0.1) is 0 Å². The number of carbonyl (C=O) groups is 2. The largest absolute Gasteiger partial charge is 0.493 e. The van der Waals surface area contributed by atoms with E-state index in [1.807, 2.05) is 30.3 Å². The Hall–Kier alpha value is -3.02. The molecule has 2 N–H and O–H groups in total. The van der Waals surface area contributed by atoms with Crippen LogP contribution in [0.15, 0.2) is 48.5 Å². The number of hydrogen-bond donors (Lipinski definition) is 2. The Bertz CT molecular complexity index is 831. The number of rotatable bonds is 8. The molecule has 2 aromatic carbocycles. The molecule has 29 heavy (non-hydrogen) atoms. The average Bonchev–Trinajstić information content (AvgIpc) is 2.77. The highest BCUT2D eigenvalue weighted by molar-refractivity contribution is 5.97. The van der Waals surface area contributed by atoms with Gasteiger partial charge in [0, 0.05) is 17.2 Å². The van der Waals surface area contributed by atoms with Crippen LogP contribution >= 0.6 is 0 Å². The van der Waals surface area contributed by atoms with Gasteiger partial charge < -0.3 is 20.1 Å². The Morgan fingerprint density at radius 2 is 1.76 bits per heavy atom. The van der Waals surface area contributed by atoms with Gasteiger partial charge in [-0.2, -0.15) is 0 Å². The van der Waals surface area contributed by atoms with E-state index in [-0.39, 0.29) is 17.7 Å². The van der Waals surface area contributed by atoms with Crippen molar-refractivity contribution in [3.8, 4) is 11.5 Å². The summed E-state index contributed by atoms with van der Waals surface area (Å²) >= 11 is 0. The number of benzene rings is 2. The summed E-state index contributed by atoms with van der Waals surface area (Å²) in [4.78, 5) is 24.8. The van der Waals surface area contributed by atoms with E-state index in [1.54, 1.807) is 25.3 Å². The topological polar surface area (TPSA) is 76.7 Å². The van der Waals surface area contributed by atoms with Crippen LogP contribution in [0.25, 0.3) is 0 Å². The zero-order valence-electron chi connectivity index (χ0n) is 16.8. The fourth-order valence-corrected chi connectivity index (χ4v) is 3.51. The van der Waals surface area contributed by atoms with E-state index >= 15 is 0 Å². The Balaban J connectivity index is 1.48. The Kier molecular flexibility index (Phi) is 7.50. The quantitative estimate of drug-likeness (QED) is 0.661. The first-order valence-electron chi connectivity index (χ1n) is 10.1. The molecule has 6 nitrogen and oxygen atoms in total. The summed E-state index contributed by atoms with van der Waals surface area (Å²) < 4.78 is 10.9. The van der Waals surface area contributed by atoms with Gasteiger partial charge in [0.15, 0.2) is 11.5 Å². The highest BCUT2D eigenvalue weighted by atomic mass is 16.5. The van der Waals surface area contributed by atoms with E-state index in [4.69, 9.17) is 9.47 Å². The van der Waals surface area contributed by atoms with E-state index < -0.39 is 0 Å². The summed E-state index contributed by atoms with van der Waals surface area (Å²) in [6.07, 6.45) is 5.31. The third-order valence-electron chi connectivity index (χ3n) is 5.08. The van der Waals surface area contributed by atoms with Gasteiger partial charge in [0.2, 0.25) is 5.91 Å². The first-order valence-corrected chi connectivity index (χ1v) is 10.1. The van der Waals surface area contributed by atoms with Gasteiger partial charge in [-0.05, 0) is 43.2 Å². The molecule has 0 radical (unpaired) electrons. The lowest BCUT2D eigenvalue weighted by Gasteiger charge is -2.20. The summed E-state index contributed by atoms with van der Waals surface area (Å²) in [6.45, 7) is 0.680. The van der Waals surface area contributed by atoms with Crippen LogP contribution in [0.2, 0.25) is 0 Å². The minimum atomic E-state index is -0.206. The van der Waals surface area contributed by atoms with Gasteiger partial charge in [-0.25, -0.2) is 0 Å². The van der Waals surface area contributed by atoms with Crippen molar-refractivity contribution in [3.05, 3.63) is 54.1 Å². The molecule has 1 saturated carbocycles. The van der Waals surface area contributed by atoms with Crippen molar-refractivity contribution in [2.24, 2.45) is 5.92 Å². The number of hydrogen-bond acceptors (Lipinski definition) is 4. The van der Waals surface area contributed by atoms with Crippen LogP contribution in [0.3, 0.4) is 0 Å². The van der Waals surface area contributed by atoms with Gasteiger partial charge in [-0.3, -0.25) is 9.59 Å². The fourth-order valence-electron chi connectivity index (χ4n) is 3.51. The number of carbonyl (C=O) groups excluding carboxylic acids is 2. The van der Waals surface area contributed by atoms with E-state index in [0.29, 0.717) is 35.9 Å². The molecule has 154 valence electrons. The van der Waals surface area contributed by atoms with Crippen LogP contribution in [-0.4, -0.2) is 32.1 Å². The minimum absolute atomic E-state index is 0.0486. The lowest BCUT2D eigenvalue weighted by Crippen LogP contribution is -2.28. The molecule has 1 aliphatic rings. The van der Waals surface area contributed by atoms with Crippen molar-refractivity contribution >= 4 is 17.5 Å². The molecular formula is C23H28N2O4. The van der Waals surface area contributed by atoms with Crippen LogP contribution in [0.4, 0.5) is 5.69 Å². The molecule has 3 rings (SSSR count). The Morgan fingerprint density at radius 1 is 1.00 bits per heavy atom. The SMILES string of the molecule is COc1ccccc1OCCNC(=O)c1cccc(NC(=O)C2CCCCC2)c1. The third-order valence-corrected chi connectivity index (χ3v) is 5.08. The van der Waals surface area contributed by atoms with Gasteiger partial charge in [0.25, 0.3) is 5.91 Å². The van der Waals surface area contributed by atoms with Crippen molar-refractivity contribution in [1.29, 1.82) is 0 Å². The molecule has 0 aliphatic heterocycles. The van der Waals surface area contributed by atoms with Crippen LogP contribution in [-0.2, 0) is 4.79 Å². The van der Waals surface area contributed by atoms with Gasteiger partial charge >= 0.3 is 0 Å². The lowest BCUT2D eigenvalue weighted by molar-refractivity contribution is -0.120. The first kappa shape index (κ1) is 20.7. The normalized spacial score (nSPS) is 14.1. The van der Waals surface area contributed by atoms with E-state index in [9.17, 15) is 9.59 Å². The smallest absolute Gasteiger partial charge is 0.251 e. The second-order valence-electron chi connectivity index (χ2n) is 7.16. The highest BCUT2D eigenvalue weighted by Crippen LogP contribution is 2.26. The molecule has 0 saturated heterocycles. The van der Waals surface area contributed by atoms with Crippen molar-refractivity contribution in [1.82, 2.24) is 5.32 Å². The van der Waals surface area contributed by atoms with Crippen molar-refractivity contribution < 1.29 is 19.1 Å². The molecule has 0 atom stereocenters. The highest BCUT2D eigenvalue weighted by Gasteiger charge is 2.21. The second-order valence-corrected chi connectivity index (χ2v) is 7.16. The minimum Gasteiger partial charge on any atom is -0.493 e. The maximum atomic E-state index is 12.4. The summed E-state index contributed by atoms with van der Waals surface area (Å²) in [7, 11) is 1.59. The molecule has 0 bridgehead atoms. The molecule has 0 aromatic heterocycles. The average molecular weight is 396 g/mol. The molecule has 2 aromatic rings. The standard InChI is InChI=1S/C23H28N2O4/c1-28-20-12-5-6-13-21(20)29-15-14-24-22(26)18-10-7-11-19(16-18)25-23(27)17-8-3-2-4-9-17/h5-7,10-13,16-17H,2-4,8-9,14-15H2,1H3,(H,24,26)(H,25,27). The van der Waals surface area contributed by atoms with Crippen molar-refractivity contribution in [2.45, 2.75) is 32.1 Å². The van der Waals surface area contributed by atoms with Crippen LogP contribution in [0.1, 0.15) is 42.5 Å². The number of anilines is 1. The number of amides is 2. The third kappa shape index (κ3) is 5.98. The summed E-state index contributed by atoms with van der Waals surface area (Å²) in [5.41, 5.74) is 1.15. The monoisotopic (exact) mass is 396 g/mol. The zero-order chi connectivity index (χ0) is 20.5. The fraction of sp³-hybridized carbons (Fsp3) is 0.391. The van der Waals surface area contributed by atoms with Crippen LogP contribution in [0, 0.1) is 5.92 Å². The number of methoxy groups -OCH3 is 1. The molecule has 6 heteroatoms. The number of para-hydroxylation sites is 2. The summed E-state index contributed by atoms with van der Waals surface area (Å²) in [6, 6.07) is 14.4. The first-order chi connectivity index (χ1) is 14.2. The molecule has 0 spiro atoms. The van der Waals surface area contributed by atoms with E-state index in [2.05, 4.69) is 10.6 Å². The molecule has 0 heterocycles. The van der Waals surface area contributed by atoms with Crippen LogP contribution in [0.5, 0.6) is 11.5 Å². The second kappa shape index (κ2) is 10.5. The summed E-state index contributed by atoms with van der Waals surface area (Å²) in [5, 5.41) is 5.78. The van der Waals surface area contributed by atoms with Gasteiger partial charge in [0.1, 0.15) is 6.61 Å². The molecule has 1 fully saturated rings. The number of ether oxygens (including phenoxy) is 2. The van der Waals surface area contributed by atoms with Gasteiger partial charge in [-0.1, -0.05) is 37.5 Å². The molecule has 2 amide bonds. The van der Waals surface area contributed by atoms with Gasteiger partial charge in [0.05, 0.1) is 13.7 Å². The molecule has 1 aliphatic carbocycles.